The minimum atomic E-state index is -0.791. The zero-order valence-electron chi connectivity index (χ0n) is 10.3. The molecule has 0 N–H and O–H groups in total. The van der Waals surface area contributed by atoms with Gasteiger partial charge >= 0.3 is 16.9 Å². The zero-order valence-corrected chi connectivity index (χ0v) is 11.1. The van der Waals surface area contributed by atoms with Crippen LogP contribution >= 0.6 is 11.3 Å². The minimum Gasteiger partial charge on any atom is -0.245 e. The summed E-state index contributed by atoms with van der Waals surface area (Å²) >= 11 is 1.30. The molecule has 0 aliphatic carbocycles. The Morgan fingerprint density at radius 3 is 2.74 bits per heavy atom. The van der Waals surface area contributed by atoms with Gasteiger partial charge in [0.25, 0.3) is 0 Å². The molecule has 2 heterocycles. The number of rotatable bonds is 2. The number of carbonyl (C=O) groups excluding carboxylic acids is 2. The highest BCUT2D eigenvalue weighted by Crippen LogP contribution is 2.28. The van der Waals surface area contributed by atoms with Gasteiger partial charge in [-0.05, 0) is 23.8 Å². The lowest BCUT2D eigenvalue weighted by Crippen LogP contribution is -2.60. The highest BCUT2D eigenvalue weighted by Gasteiger charge is 2.49. The normalized spacial score (nSPS) is 18.6. The van der Waals surface area contributed by atoms with E-state index in [0.717, 1.165) is 0 Å². The van der Waals surface area contributed by atoms with Crippen molar-refractivity contribution in [2.24, 2.45) is 0 Å². The largest absolute Gasteiger partial charge is 0.373 e. The highest BCUT2D eigenvalue weighted by atomic mass is 32.1. The second-order valence-corrected chi connectivity index (χ2v) is 5.01. The summed E-state index contributed by atoms with van der Waals surface area (Å²) in [5, 5.41) is 4.63. The molecule has 0 saturated carbocycles. The van der Waals surface area contributed by atoms with Crippen molar-refractivity contribution >= 4 is 28.3 Å². The molecule has 96 valence electrons. The fourth-order valence-corrected chi connectivity index (χ4v) is 3.07. The van der Waals surface area contributed by atoms with Gasteiger partial charge in [-0.25, -0.2) is 9.59 Å². The van der Waals surface area contributed by atoms with Crippen LogP contribution in [0.1, 0.15) is 23.2 Å². The van der Waals surface area contributed by atoms with E-state index >= 15 is 0 Å². The van der Waals surface area contributed by atoms with E-state index in [1.807, 2.05) is 25.1 Å². The molecule has 5 nitrogen and oxygen atoms in total. The van der Waals surface area contributed by atoms with Crippen LogP contribution in [0.5, 0.6) is 0 Å². The molecule has 0 spiro atoms. The Labute approximate surface area is 114 Å². The Bertz CT molecular complexity index is 638. The molecule has 19 heavy (non-hydrogen) atoms. The number of likely N-dealkylation sites (N-methyl/N-ethyl adjacent to an activating group) is 1. The maximum atomic E-state index is 12.5. The molecular weight excluding hydrogens is 262 g/mol. The van der Waals surface area contributed by atoms with Gasteiger partial charge in [0, 0.05) is 0 Å². The van der Waals surface area contributed by atoms with Crippen LogP contribution in [-0.4, -0.2) is 23.5 Å². The third-order valence-electron chi connectivity index (χ3n) is 3.15. The molecule has 2 aromatic rings. The molecule has 1 aromatic carbocycles. The smallest absolute Gasteiger partial charge is 0.245 e. The van der Waals surface area contributed by atoms with Gasteiger partial charge in [-0.2, -0.15) is 4.90 Å². The summed E-state index contributed by atoms with van der Waals surface area (Å²) in [6.07, 6.45) is 0. The monoisotopic (exact) mass is 274 g/mol. The van der Waals surface area contributed by atoms with Crippen molar-refractivity contribution in [3.8, 4) is 0 Å². The summed E-state index contributed by atoms with van der Waals surface area (Å²) in [5.74, 6) is -1.25. The molecule has 0 saturated heterocycles. The van der Waals surface area contributed by atoms with Crippen molar-refractivity contribution < 1.29 is 14.3 Å². The van der Waals surface area contributed by atoms with Gasteiger partial charge in [0.15, 0.2) is 5.92 Å². The van der Waals surface area contributed by atoms with Gasteiger partial charge in [-0.1, -0.05) is 40.1 Å². The number of anilines is 1. The standard InChI is InChI=1S/C13H12N3O2S/c1-2-15-11(17)10(9-6-4-3-5-7-9)12(18)16-13(15)19-8-14-16/h3-8,10H,2H2,1H3/q+1. The molecule has 0 fully saturated rings. The average Bonchev–Trinajstić information content (AvgIpc) is 2.90. The van der Waals surface area contributed by atoms with E-state index in [4.69, 9.17) is 0 Å². The molecular formula is C13H12N3O2S+. The van der Waals surface area contributed by atoms with Gasteiger partial charge in [0.05, 0.1) is 6.54 Å². The third kappa shape index (κ3) is 1.76. The second-order valence-electron chi connectivity index (χ2n) is 4.20. The molecule has 1 aliphatic heterocycles. The first-order valence-electron chi connectivity index (χ1n) is 6.00. The lowest BCUT2D eigenvalue weighted by Gasteiger charge is -2.21. The lowest BCUT2D eigenvalue weighted by molar-refractivity contribution is -0.622. The number of carbonyl (C=O) groups is 2. The first-order valence-corrected chi connectivity index (χ1v) is 6.88. The van der Waals surface area contributed by atoms with Gasteiger partial charge in [0.2, 0.25) is 0 Å². The Balaban J connectivity index is 2.13. The van der Waals surface area contributed by atoms with Crippen molar-refractivity contribution in [2.75, 3.05) is 11.4 Å². The summed E-state index contributed by atoms with van der Waals surface area (Å²) in [5.41, 5.74) is 2.29. The number of amides is 1. The molecule has 1 amide bonds. The SMILES string of the molecule is CCN1C(=O)C(c2ccccc2)C(=O)[n+]2ncsc21. The number of aromatic nitrogens is 2. The first kappa shape index (κ1) is 12.0. The molecule has 1 aliphatic rings. The number of hydrogen-bond acceptors (Lipinski definition) is 4. The van der Waals surface area contributed by atoms with Gasteiger partial charge < -0.3 is 0 Å². The second kappa shape index (κ2) is 4.55. The van der Waals surface area contributed by atoms with E-state index < -0.39 is 5.92 Å². The molecule has 0 radical (unpaired) electrons. The van der Waals surface area contributed by atoms with Crippen LogP contribution in [0.15, 0.2) is 35.8 Å². The quantitative estimate of drug-likeness (QED) is 0.611. The van der Waals surface area contributed by atoms with Crippen LogP contribution in [0.3, 0.4) is 0 Å². The van der Waals surface area contributed by atoms with E-state index in [0.29, 0.717) is 17.2 Å². The minimum absolute atomic E-state index is 0.178. The summed E-state index contributed by atoms with van der Waals surface area (Å²) in [6.45, 7) is 2.41. The Morgan fingerprint density at radius 1 is 1.32 bits per heavy atom. The van der Waals surface area contributed by atoms with Crippen LogP contribution in [0.4, 0.5) is 5.13 Å². The predicted molar refractivity (Wildman–Crippen MR) is 70.1 cm³/mol. The van der Waals surface area contributed by atoms with Gasteiger partial charge in [-0.3, -0.25) is 0 Å². The fourth-order valence-electron chi connectivity index (χ4n) is 2.25. The summed E-state index contributed by atoms with van der Waals surface area (Å²) < 4.78 is 1.33. The van der Waals surface area contributed by atoms with Crippen molar-refractivity contribution in [3.05, 3.63) is 41.4 Å². The maximum Gasteiger partial charge on any atom is 0.373 e. The van der Waals surface area contributed by atoms with Crippen LogP contribution in [-0.2, 0) is 4.79 Å². The lowest BCUT2D eigenvalue weighted by atomic mass is 9.95. The summed E-state index contributed by atoms with van der Waals surface area (Å²) in [7, 11) is 0. The van der Waals surface area contributed by atoms with E-state index in [-0.39, 0.29) is 11.8 Å². The molecule has 1 aromatic heterocycles. The predicted octanol–water partition coefficient (Wildman–Crippen LogP) is 1.22. The van der Waals surface area contributed by atoms with Crippen LogP contribution in [0.25, 0.3) is 0 Å². The van der Waals surface area contributed by atoms with Gasteiger partial charge in [-0.15, -0.1) is 0 Å². The van der Waals surface area contributed by atoms with Crippen LogP contribution in [0.2, 0.25) is 0 Å². The molecule has 3 rings (SSSR count). The van der Waals surface area contributed by atoms with E-state index in [1.54, 1.807) is 22.5 Å². The number of benzene rings is 1. The number of hydrogen-bond donors (Lipinski definition) is 0. The molecule has 6 heteroatoms. The Morgan fingerprint density at radius 2 is 2.05 bits per heavy atom. The summed E-state index contributed by atoms with van der Waals surface area (Å²) in [6, 6.07) is 9.11. The van der Waals surface area contributed by atoms with Crippen LogP contribution < -0.4 is 9.58 Å². The highest BCUT2D eigenvalue weighted by molar-refractivity contribution is 7.13. The maximum absolute atomic E-state index is 12.5. The van der Waals surface area contributed by atoms with Crippen molar-refractivity contribution in [2.45, 2.75) is 12.8 Å². The van der Waals surface area contributed by atoms with Crippen molar-refractivity contribution in [3.63, 3.8) is 0 Å². The Kier molecular flexibility index (Phi) is 2.87. The fraction of sp³-hybridized carbons (Fsp3) is 0.231. The van der Waals surface area contributed by atoms with E-state index in [2.05, 4.69) is 5.10 Å². The zero-order chi connectivity index (χ0) is 13.4. The van der Waals surface area contributed by atoms with Crippen molar-refractivity contribution in [1.29, 1.82) is 0 Å². The van der Waals surface area contributed by atoms with Crippen molar-refractivity contribution in [1.82, 2.24) is 5.10 Å². The Hall–Kier alpha value is -2.08. The molecule has 0 bridgehead atoms. The number of fused-ring (bicyclic) bond motifs is 1. The molecule has 1 unspecified atom stereocenters. The van der Waals surface area contributed by atoms with Crippen LogP contribution in [0, 0.1) is 0 Å². The topological polar surface area (TPSA) is 54.2 Å². The van der Waals surface area contributed by atoms with Gasteiger partial charge in [0.1, 0.15) is 5.51 Å². The first-order chi connectivity index (χ1) is 9.24. The number of nitrogens with zero attached hydrogens (tertiary/aromatic N) is 3. The summed E-state index contributed by atoms with van der Waals surface area (Å²) in [4.78, 5) is 26.5. The van der Waals surface area contributed by atoms with E-state index in [1.165, 1.54) is 16.0 Å². The van der Waals surface area contributed by atoms with E-state index in [9.17, 15) is 9.59 Å². The molecule has 1 atom stereocenters. The third-order valence-corrected chi connectivity index (χ3v) is 3.95. The average molecular weight is 274 g/mol.